The molecule has 2 N–H and O–H groups in total. The van der Waals surface area contributed by atoms with Crippen molar-refractivity contribution >= 4 is 34.3 Å². The van der Waals surface area contributed by atoms with Crippen LogP contribution in [0.3, 0.4) is 0 Å². The van der Waals surface area contributed by atoms with Gasteiger partial charge in [0.05, 0.1) is 12.1 Å². The van der Waals surface area contributed by atoms with Crippen molar-refractivity contribution in [3.8, 4) is 0 Å². The van der Waals surface area contributed by atoms with Crippen LogP contribution in [0.2, 0.25) is 0 Å². The van der Waals surface area contributed by atoms with Gasteiger partial charge in [0.2, 0.25) is 16.3 Å². The van der Waals surface area contributed by atoms with Crippen LogP contribution in [0.25, 0.3) is 0 Å². The molecule has 3 rings (SSSR count). The van der Waals surface area contributed by atoms with Crippen molar-refractivity contribution in [1.82, 2.24) is 20.2 Å². The van der Waals surface area contributed by atoms with Crippen LogP contribution in [0.15, 0.2) is 0 Å². The number of hydrogen-bond donors (Lipinski definition) is 2. The number of nitrogens with one attached hydrogen (secondary N) is 2. The number of nitrogens with zero attached hydrogens (tertiary/aromatic N) is 3. The van der Waals surface area contributed by atoms with Gasteiger partial charge in [0.15, 0.2) is 0 Å². The van der Waals surface area contributed by atoms with Crippen molar-refractivity contribution in [3.63, 3.8) is 0 Å². The molecule has 3 saturated heterocycles. The molecule has 0 aromatic carbocycles. The quantitative estimate of drug-likeness (QED) is 0.140. The topological polar surface area (TPSA) is 172 Å². The number of likely N-dealkylation sites (tertiary alicyclic amines) is 1. The van der Waals surface area contributed by atoms with Crippen molar-refractivity contribution in [3.05, 3.63) is 0 Å². The summed E-state index contributed by atoms with van der Waals surface area (Å²) >= 11 is 0. The molecule has 13 nitrogen and oxygen atoms in total. The van der Waals surface area contributed by atoms with Crippen LogP contribution in [-0.4, -0.2) is 89.0 Å². The second kappa shape index (κ2) is 10.4. The number of hydrogen-bond acceptors (Lipinski definition) is 9. The molecule has 0 aliphatic carbocycles. The molecule has 3 aliphatic heterocycles. The number of fused-ring (bicyclic) bond motifs is 2. The molecule has 0 radical (unpaired) electrons. The van der Waals surface area contributed by atoms with Crippen LogP contribution in [0, 0.1) is 11.3 Å². The number of amides is 4. The Balaban J connectivity index is 0.00000385. The molecule has 15 heteroatoms. The van der Waals surface area contributed by atoms with Gasteiger partial charge in [0.1, 0.15) is 11.4 Å². The number of urea groups is 1. The SMILES string of the molecule is CC(C)(C)OC(=O)N1CCC(C(=O)NC(=N)[C@@H]2CC[C@@H]3CN2C(=O)N3OS(=O)(=O)[O-])CC1.[Na+]. The molecule has 4 amide bonds. The molecule has 3 heterocycles. The molecular formula is C18H28N5NaO8S. The zero-order valence-electron chi connectivity index (χ0n) is 19.2. The smallest absolute Gasteiger partial charge is 0.724 e. The average Bonchev–Trinajstić information content (AvgIpc) is 2.90. The van der Waals surface area contributed by atoms with E-state index in [0.29, 0.717) is 43.8 Å². The first-order valence-corrected chi connectivity index (χ1v) is 11.7. The van der Waals surface area contributed by atoms with Crippen LogP contribution >= 0.6 is 0 Å². The van der Waals surface area contributed by atoms with Gasteiger partial charge >= 0.3 is 41.7 Å². The molecule has 0 aromatic heterocycles. The predicted octanol–water partition coefficient (Wildman–Crippen LogP) is -2.61. The molecule has 3 aliphatic rings. The zero-order valence-corrected chi connectivity index (χ0v) is 22.0. The van der Waals surface area contributed by atoms with Gasteiger partial charge in [-0.05, 0) is 46.5 Å². The fraction of sp³-hybridized carbons (Fsp3) is 0.778. The minimum atomic E-state index is -5.10. The van der Waals surface area contributed by atoms with Crippen molar-refractivity contribution < 1.29 is 65.9 Å². The van der Waals surface area contributed by atoms with Gasteiger partial charge in [-0.3, -0.25) is 10.2 Å². The van der Waals surface area contributed by atoms with Crippen molar-refractivity contribution in [1.29, 1.82) is 5.41 Å². The molecule has 0 saturated carbocycles. The van der Waals surface area contributed by atoms with Crippen LogP contribution in [-0.2, 0) is 24.2 Å². The first kappa shape index (κ1) is 27.8. The average molecular weight is 498 g/mol. The summed E-state index contributed by atoms with van der Waals surface area (Å²) in [7, 11) is -5.10. The van der Waals surface area contributed by atoms with Crippen LogP contribution in [0.5, 0.6) is 0 Å². The standard InChI is InChI=1S/C18H29N5O8S.Na/c1-18(2,3)30-17(26)21-8-6-11(7-9-21)15(24)20-14(19)13-5-4-12-10-22(13)16(25)23(12)31-32(27,28)29;/h11-13H,4-10H2,1-3H3,(H2,19,20,24)(H,27,28,29);/q;+1/p-1/t12-,13+;/m1./s1. The fourth-order valence-corrected chi connectivity index (χ4v) is 4.48. The van der Waals surface area contributed by atoms with Gasteiger partial charge < -0.3 is 24.4 Å². The summed E-state index contributed by atoms with van der Waals surface area (Å²) < 4.78 is 42.2. The first-order valence-electron chi connectivity index (χ1n) is 10.4. The summed E-state index contributed by atoms with van der Waals surface area (Å²) in [5, 5.41) is 11.4. The Hall–Kier alpha value is -1.45. The summed E-state index contributed by atoms with van der Waals surface area (Å²) in [6.07, 6.45) is 1.02. The van der Waals surface area contributed by atoms with Gasteiger partial charge in [0.25, 0.3) is 0 Å². The van der Waals surface area contributed by atoms with E-state index in [1.807, 2.05) is 0 Å². The maximum absolute atomic E-state index is 12.6. The largest absolute Gasteiger partial charge is 1.00 e. The molecule has 33 heavy (non-hydrogen) atoms. The number of piperidine rings is 2. The third-order valence-corrected chi connectivity index (χ3v) is 5.95. The van der Waals surface area contributed by atoms with Crippen molar-refractivity contribution in [2.45, 2.75) is 64.1 Å². The van der Waals surface area contributed by atoms with Crippen molar-refractivity contribution in [2.24, 2.45) is 5.92 Å². The summed E-state index contributed by atoms with van der Waals surface area (Å²) in [6, 6.07) is -2.20. The molecule has 0 aromatic rings. The Labute approximate surface area is 214 Å². The fourth-order valence-electron chi connectivity index (χ4n) is 4.10. The third kappa shape index (κ3) is 7.02. The molecular weight excluding hydrogens is 469 g/mol. The molecule has 2 bridgehead atoms. The Bertz CT molecular complexity index is 900. The summed E-state index contributed by atoms with van der Waals surface area (Å²) in [6.45, 7) is 6.13. The number of rotatable bonds is 4. The minimum Gasteiger partial charge on any atom is -0.724 e. The second-order valence-corrected chi connectivity index (χ2v) is 10.1. The Morgan fingerprint density at radius 1 is 1.15 bits per heavy atom. The van der Waals surface area contributed by atoms with Gasteiger partial charge in [-0.25, -0.2) is 18.0 Å². The Morgan fingerprint density at radius 2 is 1.76 bits per heavy atom. The molecule has 0 unspecified atom stereocenters. The maximum Gasteiger partial charge on any atom is 1.00 e. The van der Waals surface area contributed by atoms with E-state index in [2.05, 4.69) is 9.60 Å². The van der Waals surface area contributed by atoms with Crippen LogP contribution in [0.4, 0.5) is 9.59 Å². The maximum atomic E-state index is 12.6. The van der Waals surface area contributed by atoms with E-state index in [4.69, 9.17) is 10.1 Å². The second-order valence-electron chi connectivity index (χ2n) is 9.14. The number of ether oxygens (including phenoxy) is 1. The van der Waals surface area contributed by atoms with Gasteiger partial charge in [-0.15, -0.1) is 0 Å². The van der Waals surface area contributed by atoms with Gasteiger partial charge in [-0.1, -0.05) is 0 Å². The molecule has 2 atom stereocenters. The van der Waals surface area contributed by atoms with E-state index in [9.17, 15) is 27.4 Å². The number of hydroxylamine groups is 2. The predicted molar refractivity (Wildman–Crippen MR) is 108 cm³/mol. The molecule has 0 spiro atoms. The van der Waals surface area contributed by atoms with E-state index >= 15 is 0 Å². The Kier molecular flexibility index (Phi) is 8.79. The van der Waals surface area contributed by atoms with Gasteiger partial charge in [-0.2, -0.15) is 9.35 Å². The number of carbonyl (C=O) groups excluding carboxylic acids is 3. The van der Waals surface area contributed by atoms with Crippen LogP contribution < -0.4 is 34.9 Å². The van der Waals surface area contributed by atoms with Crippen molar-refractivity contribution in [2.75, 3.05) is 19.6 Å². The van der Waals surface area contributed by atoms with E-state index < -0.39 is 46.1 Å². The monoisotopic (exact) mass is 497 g/mol. The molecule has 180 valence electrons. The summed E-state index contributed by atoms with van der Waals surface area (Å²) in [5.74, 6) is -0.948. The third-order valence-electron chi connectivity index (χ3n) is 5.60. The Morgan fingerprint density at radius 3 is 2.30 bits per heavy atom. The van der Waals surface area contributed by atoms with Gasteiger partial charge in [0, 0.05) is 25.6 Å². The van der Waals surface area contributed by atoms with Crippen LogP contribution in [0.1, 0.15) is 46.5 Å². The normalized spacial score (nSPS) is 23.8. The summed E-state index contributed by atoms with van der Waals surface area (Å²) in [5.41, 5.74) is -0.606. The number of carbonyl (C=O) groups is 3. The van der Waals surface area contributed by atoms with E-state index in [1.165, 1.54) is 4.90 Å². The van der Waals surface area contributed by atoms with E-state index in [0.717, 1.165) is 0 Å². The van der Waals surface area contributed by atoms with E-state index in [1.54, 1.807) is 25.7 Å². The number of amidine groups is 1. The first-order chi connectivity index (χ1) is 14.7. The van der Waals surface area contributed by atoms with E-state index in [-0.39, 0.29) is 47.8 Å². The minimum absolute atomic E-state index is 0. The summed E-state index contributed by atoms with van der Waals surface area (Å²) in [4.78, 5) is 40.0. The molecule has 3 fully saturated rings. The zero-order chi connectivity index (χ0) is 23.8.